The number of hydrogen-bond acceptors (Lipinski definition) is 5. The molecule has 0 fully saturated rings. The van der Waals surface area contributed by atoms with Crippen LogP contribution in [0.2, 0.25) is 0 Å². The summed E-state index contributed by atoms with van der Waals surface area (Å²) in [7, 11) is 0. The molecule has 0 aliphatic heterocycles. The predicted molar refractivity (Wildman–Crippen MR) is 58.8 cm³/mol. The van der Waals surface area contributed by atoms with Gasteiger partial charge in [0.2, 0.25) is 0 Å². The van der Waals surface area contributed by atoms with Gasteiger partial charge in [-0.3, -0.25) is 0 Å². The maximum absolute atomic E-state index is 11.5. The second-order valence-corrected chi connectivity index (χ2v) is 3.39. The van der Waals surface area contributed by atoms with E-state index in [1.807, 2.05) is 0 Å². The molecule has 0 saturated heterocycles. The molecule has 0 atom stereocenters. The van der Waals surface area contributed by atoms with E-state index in [0.717, 1.165) is 19.4 Å². The lowest BCUT2D eigenvalue weighted by atomic mass is 10.3. The summed E-state index contributed by atoms with van der Waals surface area (Å²) in [6, 6.07) is 0. The Bertz CT molecular complexity index is 349. The topological polar surface area (TPSA) is 83.0 Å². The summed E-state index contributed by atoms with van der Waals surface area (Å²) in [5.41, 5.74) is 6.47. The van der Waals surface area contributed by atoms with Crippen molar-refractivity contribution < 1.29 is 9.53 Å². The third-order valence-electron chi connectivity index (χ3n) is 2.22. The third-order valence-corrected chi connectivity index (χ3v) is 2.22. The van der Waals surface area contributed by atoms with E-state index in [1.54, 1.807) is 11.6 Å². The fraction of sp³-hybridized carbons (Fsp3) is 0.700. The van der Waals surface area contributed by atoms with Crippen LogP contribution in [0.25, 0.3) is 0 Å². The van der Waals surface area contributed by atoms with E-state index in [1.165, 1.54) is 0 Å². The zero-order valence-corrected chi connectivity index (χ0v) is 9.77. The molecule has 0 amide bonds. The predicted octanol–water partition coefficient (Wildman–Crippen LogP) is 0.714. The highest BCUT2D eigenvalue weighted by atomic mass is 16.5. The summed E-state index contributed by atoms with van der Waals surface area (Å²) in [5, 5.41) is 7.73. The minimum atomic E-state index is -0.453. The Morgan fingerprint density at radius 2 is 2.25 bits per heavy atom. The van der Waals surface area contributed by atoms with Crippen LogP contribution in [-0.2, 0) is 17.8 Å². The second-order valence-electron chi connectivity index (χ2n) is 3.39. The van der Waals surface area contributed by atoms with E-state index < -0.39 is 5.97 Å². The Labute approximate surface area is 94.8 Å². The highest BCUT2D eigenvalue weighted by Gasteiger charge is 2.19. The van der Waals surface area contributed by atoms with E-state index in [9.17, 15) is 4.79 Å². The molecule has 16 heavy (non-hydrogen) atoms. The number of carbonyl (C=O) groups is 1. The molecule has 90 valence electrons. The maximum Gasteiger partial charge on any atom is 0.360 e. The monoisotopic (exact) mass is 226 g/mol. The number of carbonyl (C=O) groups excluding carboxylic acids is 1. The van der Waals surface area contributed by atoms with Crippen molar-refractivity contribution in [2.24, 2.45) is 5.73 Å². The first-order valence-electron chi connectivity index (χ1n) is 5.54. The van der Waals surface area contributed by atoms with Gasteiger partial charge in [-0.05, 0) is 13.3 Å². The van der Waals surface area contributed by atoms with Crippen LogP contribution in [0.1, 0.15) is 42.9 Å². The van der Waals surface area contributed by atoms with Gasteiger partial charge in [0.15, 0.2) is 5.69 Å². The van der Waals surface area contributed by atoms with Gasteiger partial charge >= 0.3 is 5.97 Å². The van der Waals surface area contributed by atoms with E-state index >= 15 is 0 Å². The van der Waals surface area contributed by atoms with Crippen molar-refractivity contribution in [3.8, 4) is 0 Å². The lowest BCUT2D eigenvalue weighted by Gasteiger charge is -2.04. The lowest BCUT2D eigenvalue weighted by molar-refractivity contribution is 0.0518. The van der Waals surface area contributed by atoms with Gasteiger partial charge in [0.1, 0.15) is 0 Å². The fourth-order valence-electron chi connectivity index (χ4n) is 1.38. The van der Waals surface area contributed by atoms with Crippen molar-refractivity contribution in [1.29, 1.82) is 0 Å². The molecular weight excluding hydrogens is 208 g/mol. The first-order chi connectivity index (χ1) is 7.74. The van der Waals surface area contributed by atoms with Gasteiger partial charge in [0.05, 0.1) is 12.3 Å². The molecule has 0 aliphatic rings. The summed E-state index contributed by atoms with van der Waals surface area (Å²) >= 11 is 0. The Balaban J connectivity index is 2.85. The quantitative estimate of drug-likeness (QED) is 0.722. The van der Waals surface area contributed by atoms with Crippen molar-refractivity contribution >= 4 is 5.97 Å². The number of nitrogens with zero attached hydrogens (tertiary/aromatic N) is 3. The van der Waals surface area contributed by atoms with Gasteiger partial charge in [-0.25, -0.2) is 9.48 Å². The molecule has 1 heterocycles. The van der Waals surface area contributed by atoms with Crippen molar-refractivity contribution in [3.63, 3.8) is 0 Å². The Kier molecular flexibility index (Phi) is 4.91. The summed E-state index contributed by atoms with van der Waals surface area (Å²) in [6.07, 6.45) is 2.04. The largest absolute Gasteiger partial charge is 0.461 e. The van der Waals surface area contributed by atoms with E-state index in [4.69, 9.17) is 10.5 Å². The van der Waals surface area contributed by atoms with E-state index in [-0.39, 0.29) is 12.2 Å². The molecule has 1 aromatic rings. The zero-order chi connectivity index (χ0) is 12.0. The number of aryl methyl sites for hydroxylation is 1. The van der Waals surface area contributed by atoms with Gasteiger partial charge in [-0.1, -0.05) is 18.6 Å². The molecule has 0 bridgehead atoms. The molecule has 0 spiro atoms. The van der Waals surface area contributed by atoms with Gasteiger partial charge in [-0.15, -0.1) is 5.10 Å². The lowest BCUT2D eigenvalue weighted by Crippen LogP contribution is -2.14. The third kappa shape index (κ3) is 2.79. The molecule has 0 unspecified atom stereocenters. The first-order valence-corrected chi connectivity index (χ1v) is 5.54. The average Bonchev–Trinajstić information content (AvgIpc) is 2.69. The molecule has 1 rings (SSSR count). The number of rotatable bonds is 6. The molecule has 0 radical (unpaired) electrons. The van der Waals surface area contributed by atoms with Crippen LogP contribution < -0.4 is 5.73 Å². The summed E-state index contributed by atoms with van der Waals surface area (Å²) in [5.74, 6) is -0.453. The van der Waals surface area contributed by atoms with Crippen molar-refractivity contribution in [1.82, 2.24) is 15.0 Å². The number of nitrogens with two attached hydrogens (primary N) is 1. The van der Waals surface area contributed by atoms with Gasteiger partial charge in [0, 0.05) is 13.1 Å². The van der Waals surface area contributed by atoms with E-state index in [0.29, 0.717) is 12.3 Å². The standard InChI is InChI=1S/C10H18N4O2/c1-3-5-6-14-8(7-11)9(12-13-14)10(15)16-4-2/h3-7,11H2,1-2H3. The normalized spacial score (nSPS) is 10.4. The number of ether oxygens (including phenoxy) is 1. The fourth-order valence-corrected chi connectivity index (χ4v) is 1.38. The number of unbranched alkanes of at least 4 members (excludes halogenated alkanes) is 1. The molecular formula is C10H18N4O2. The van der Waals surface area contributed by atoms with Crippen LogP contribution in [0.15, 0.2) is 0 Å². The van der Waals surface area contributed by atoms with Gasteiger partial charge < -0.3 is 10.5 Å². The maximum atomic E-state index is 11.5. The molecule has 6 nitrogen and oxygen atoms in total. The summed E-state index contributed by atoms with van der Waals surface area (Å²) in [6.45, 7) is 5.14. The summed E-state index contributed by atoms with van der Waals surface area (Å²) < 4.78 is 6.55. The van der Waals surface area contributed by atoms with Crippen LogP contribution in [0, 0.1) is 0 Å². The molecule has 6 heteroatoms. The summed E-state index contributed by atoms with van der Waals surface area (Å²) in [4.78, 5) is 11.5. The smallest absolute Gasteiger partial charge is 0.360 e. The van der Waals surface area contributed by atoms with Crippen molar-refractivity contribution in [2.45, 2.75) is 39.8 Å². The highest BCUT2D eigenvalue weighted by Crippen LogP contribution is 2.07. The van der Waals surface area contributed by atoms with Gasteiger partial charge in [0.25, 0.3) is 0 Å². The minimum Gasteiger partial charge on any atom is -0.461 e. The second kappa shape index (κ2) is 6.22. The number of esters is 1. The van der Waals surface area contributed by atoms with Gasteiger partial charge in [-0.2, -0.15) is 0 Å². The highest BCUT2D eigenvalue weighted by molar-refractivity contribution is 5.88. The van der Waals surface area contributed by atoms with E-state index in [2.05, 4.69) is 17.2 Å². The van der Waals surface area contributed by atoms with Crippen molar-refractivity contribution in [2.75, 3.05) is 6.61 Å². The van der Waals surface area contributed by atoms with Crippen LogP contribution in [-0.4, -0.2) is 27.6 Å². The first kappa shape index (κ1) is 12.6. The van der Waals surface area contributed by atoms with Crippen LogP contribution >= 0.6 is 0 Å². The molecule has 0 aromatic carbocycles. The van der Waals surface area contributed by atoms with Crippen LogP contribution in [0.5, 0.6) is 0 Å². The molecule has 0 saturated carbocycles. The minimum absolute atomic E-state index is 0.237. The Morgan fingerprint density at radius 1 is 1.50 bits per heavy atom. The van der Waals surface area contributed by atoms with Crippen LogP contribution in [0.4, 0.5) is 0 Å². The molecule has 1 aromatic heterocycles. The Morgan fingerprint density at radius 3 is 2.81 bits per heavy atom. The van der Waals surface area contributed by atoms with Crippen molar-refractivity contribution in [3.05, 3.63) is 11.4 Å². The molecule has 0 aliphatic carbocycles. The SMILES string of the molecule is CCCCn1nnc(C(=O)OCC)c1CN. The average molecular weight is 226 g/mol. The molecule has 2 N–H and O–H groups in total. The number of hydrogen-bond donors (Lipinski definition) is 1. The van der Waals surface area contributed by atoms with Crippen LogP contribution in [0.3, 0.4) is 0 Å². The zero-order valence-electron chi connectivity index (χ0n) is 9.77. The number of aromatic nitrogens is 3. The Hall–Kier alpha value is -1.43.